The number of unbranched alkanes of at least 4 members (excludes halogenated alkanes) is 11. The molecule has 0 saturated carbocycles. The van der Waals surface area contributed by atoms with Gasteiger partial charge in [-0.15, -0.1) is 0 Å². The van der Waals surface area contributed by atoms with Crippen LogP contribution in [0.15, 0.2) is 48.6 Å². The first-order valence-electron chi connectivity index (χ1n) is 14.4. The van der Waals surface area contributed by atoms with Crippen molar-refractivity contribution in [2.45, 2.75) is 135 Å². The first kappa shape index (κ1) is 33.4. The first-order chi connectivity index (χ1) is 17.2. The molecule has 0 rings (SSSR count). The van der Waals surface area contributed by atoms with Gasteiger partial charge in [0.1, 0.15) is 0 Å². The van der Waals surface area contributed by atoms with Gasteiger partial charge >= 0.3 is 0 Å². The quantitative estimate of drug-likeness (QED) is 0.0960. The monoisotopic (exact) mass is 489 g/mol. The predicted molar refractivity (Wildman–Crippen MR) is 151 cm³/mol. The van der Waals surface area contributed by atoms with Crippen molar-refractivity contribution in [2.75, 3.05) is 6.61 Å². The molecule has 0 fully saturated rings. The fourth-order valence-electron chi connectivity index (χ4n) is 3.73. The molecule has 2 atom stereocenters. The summed E-state index contributed by atoms with van der Waals surface area (Å²) in [6.45, 7) is 4.16. The van der Waals surface area contributed by atoms with Gasteiger partial charge in [0, 0.05) is 6.42 Å². The van der Waals surface area contributed by atoms with Crippen LogP contribution in [0.3, 0.4) is 0 Å². The maximum Gasteiger partial charge on any atom is 0.220 e. The summed E-state index contributed by atoms with van der Waals surface area (Å²) in [4.78, 5) is 12.2. The standard InChI is InChI=1S/C31H55NO3/c1-3-5-7-9-11-13-14-15-16-17-19-21-23-25-27-31(35)32-29(28-33)30(34)26-24-22-20-18-12-10-8-6-4-2/h9,11-12,14-15,18,24,26,29-30,33-34H,3-8,10,13,16-17,19-23,25,27-28H2,1-2H3,(H,32,35)/b11-9-,15-14-,18-12+,26-24+. The van der Waals surface area contributed by atoms with E-state index >= 15 is 0 Å². The van der Waals surface area contributed by atoms with Gasteiger partial charge in [-0.2, -0.15) is 0 Å². The molecule has 2 unspecified atom stereocenters. The van der Waals surface area contributed by atoms with Crippen molar-refractivity contribution in [3.05, 3.63) is 48.6 Å². The maximum absolute atomic E-state index is 12.2. The Kier molecular flexibility index (Phi) is 25.7. The van der Waals surface area contributed by atoms with Crippen LogP contribution >= 0.6 is 0 Å². The fourth-order valence-corrected chi connectivity index (χ4v) is 3.73. The Hall–Kier alpha value is -1.65. The molecular weight excluding hydrogens is 434 g/mol. The van der Waals surface area contributed by atoms with E-state index in [2.05, 4.69) is 55.6 Å². The number of aliphatic hydroxyl groups is 2. The predicted octanol–water partition coefficient (Wildman–Crippen LogP) is 7.72. The molecule has 0 heterocycles. The number of rotatable bonds is 24. The highest BCUT2D eigenvalue weighted by Gasteiger charge is 2.17. The molecule has 0 aliphatic heterocycles. The molecule has 4 nitrogen and oxygen atoms in total. The van der Waals surface area contributed by atoms with E-state index in [1.165, 1.54) is 51.4 Å². The van der Waals surface area contributed by atoms with Crippen molar-refractivity contribution >= 4 is 5.91 Å². The zero-order chi connectivity index (χ0) is 25.8. The normalized spacial score (nSPS) is 14.1. The van der Waals surface area contributed by atoms with E-state index in [9.17, 15) is 15.0 Å². The molecule has 0 saturated heterocycles. The number of carbonyl (C=O) groups is 1. The zero-order valence-electron chi connectivity index (χ0n) is 22.8. The van der Waals surface area contributed by atoms with Crippen LogP contribution in [0.4, 0.5) is 0 Å². The van der Waals surface area contributed by atoms with Gasteiger partial charge in [-0.1, -0.05) is 107 Å². The van der Waals surface area contributed by atoms with Gasteiger partial charge in [0.2, 0.25) is 5.91 Å². The van der Waals surface area contributed by atoms with Crippen LogP contribution in [-0.2, 0) is 4.79 Å². The molecule has 202 valence electrons. The fraction of sp³-hybridized carbons (Fsp3) is 0.710. The summed E-state index contributed by atoms with van der Waals surface area (Å²) in [7, 11) is 0. The lowest BCUT2D eigenvalue weighted by Crippen LogP contribution is -2.45. The van der Waals surface area contributed by atoms with Crippen LogP contribution < -0.4 is 5.32 Å². The minimum atomic E-state index is -0.864. The Morgan fingerprint density at radius 1 is 0.686 bits per heavy atom. The molecule has 0 aromatic rings. The Morgan fingerprint density at radius 2 is 1.23 bits per heavy atom. The number of aliphatic hydroxyl groups excluding tert-OH is 2. The minimum absolute atomic E-state index is 0.0959. The number of hydrogen-bond acceptors (Lipinski definition) is 3. The summed E-state index contributed by atoms with van der Waals surface area (Å²) >= 11 is 0. The second-order valence-electron chi connectivity index (χ2n) is 9.45. The molecule has 0 aliphatic carbocycles. The van der Waals surface area contributed by atoms with Crippen molar-refractivity contribution in [3.8, 4) is 0 Å². The van der Waals surface area contributed by atoms with Crippen molar-refractivity contribution < 1.29 is 15.0 Å². The van der Waals surface area contributed by atoms with Gasteiger partial charge in [0.25, 0.3) is 0 Å². The van der Waals surface area contributed by atoms with Crippen LogP contribution in [0.2, 0.25) is 0 Å². The lowest BCUT2D eigenvalue weighted by Gasteiger charge is -2.19. The SMILES string of the molecule is CCCC/C=C\C/C=C\CCCCCCCC(=O)NC(CO)C(O)/C=C/CC/C=C/CCCCC. The molecule has 0 aliphatic rings. The van der Waals surface area contributed by atoms with Crippen LogP contribution in [-0.4, -0.2) is 34.9 Å². The third-order valence-electron chi connectivity index (χ3n) is 6.03. The number of amides is 1. The average molecular weight is 490 g/mol. The summed E-state index contributed by atoms with van der Waals surface area (Å²) in [6.07, 6.45) is 34.6. The zero-order valence-corrected chi connectivity index (χ0v) is 22.8. The molecular formula is C31H55NO3. The average Bonchev–Trinajstić information content (AvgIpc) is 2.86. The molecule has 0 bridgehead atoms. The minimum Gasteiger partial charge on any atom is -0.394 e. The van der Waals surface area contributed by atoms with E-state index in [0.29, 0.717) is 6.42 Å². The van der Waals surface area contributed by atoms with Gasteiger partial charge in [-0.3, -0.25) is 4.79 Å². The number of allylic oxidation sites excluding steroid dienone is 7. The van der Waals surface area contributed by atoms with Gasteiger partial charge in [0.15, 0.2) is 0 Å². The van der Waals surface area contributed by atoms with E-state index in [1.807, 2.05) is 6.08 Å². The van der Waals surface area contributed by atoms with Crippen molar-refractivity contribution in [1.29, 1.82) is 0 Å². The molecule has 35 heavy (non-hydrogen) atoms. The second-order valence-corrected chi connectivity index (χ2v) is 9.45. The number of nitrogens with one attached hydrogen (secondary N) is 1. The largest absolute Gasteiger partial charge is 0.394 e. The van der Waals surface area contributed by atoms with Crippen molar-refractivity contribution in [3.63, 3.8) is 0 Å². The maximum atomic E-state index is 12.2. The molecule has 4 heteroatoms. The molecule has 3 N–H and O–H groups in total. The van der Waals surface area contributed by atoms with E-state index in [4.69, 9.17) is 0 Å². The first-order valence-corrected chi connectivity index (χ1v) is 14.4. The smallest absolute Gasteiger partial charge is 0.220 e. The van der Waals surface area contributed by atoms with Crippen molar-refractivity contribution in [2.24, 2.45) is 0 Å². The summed E-state index contributed by atoms with van der Waals surface area (Å²) in [5.74, 6) is -0.0959. The highest BCUT2D eigenvalue weighted by molar-refractivity contribution is 5.76. The molecule has 0 aromatic heterocycles. The highest BCUT2D eigenvalue weighted by Crippen LogP contribution is 2.09. The summed E-state index contributed by atoms with van der Waals surface area (Å²) in [6, 6.07) is -0.642. The Labute approximate surface area is 216 Å². The summed E-state index contributed by atoms with van der Waals surface area (Å²) in [5.41, 5.74) is 0. The van der Waals surface area contributed by atoms with Crippen molar-refractivity contribution in [1.82, 2.24) is 5.32 Å². The van der Waals surface area contributed by atoms with Gasteiger partial charge in [-0.05, 0) is 57.8 Å². The molecule has 0 aromatic carbocycles. The third kappa shape index (κ3) is 23.8. The van der Waals surface area contributed by atoms with Gasteiger partial charge < -0.3 is 15.5 Å². The van der Waals surface area contributed by atoms with Gasteiger partial charge in [-0.25, -0.2) is 0 Å². The number of carbonyl (C=O) groups excluding carboxylic acids is 1. The van der Waals surface area contributed by atoms with E-state index in [-0.39, 0.29) is 12.5 Å². The lowest BCUT2D eigenvalue weighted by molar-refractivity contribution is -0.123. The summed E-state index contributed by atoms with van der Waals surface area (Å²) < 4.78 is 0. The molecule has 1 amide bonds. The lowest BCUT2D eigenvalue weighted by atomic mass is 10.1. The Morgan fingerprint density at radius 3 is 1.91 bits per heavy atom. The molecule has 0 spiro atoms. The van der Waals surface area contributed by atoms with Crippen LogP contribution in [0.5, 0.6) is 0 Å². The van der Waals surface area contributed by atoms with Crippen LogP contribution in [0, 0.1) is 0 Å². The topological polar surface area (TPSA) is 69.6 Å². The van der Waals surface area contributed by atoms with Crippen LogP contribution in [0.1, 0.15) is 123 Å². The third-order valence-corrected chi connectivity index (χ3v) is 6.03. The second kappa shape index (κ2) is 26.9. The molecule has 0 radical (unpaired) electrons. The van der Waals surface area contributed by atoms with Gasteiger partial charge in [0.05, 0.1) is 18.8 Å². The number of hydrogen-bond donors (Lipinski definition) is 3. The van der Waals surface area contributed by atoms with E-state index < -0.39 is 12.1 Å². The van der Waals surface area contributed by atoms with Crippen LogP contribution in [0.25, 0.3) is 0 Å². The van der Waals surface area contributed by atoms with E-state index in [0.717, 1.165) is 51.4 Å². The summed E-state index contributed by atoms with van der Waals surface area (Å²) in [5, 5.41) is 22.6. The van der Waals surface area contributed by atoms with E-state index in [1.54, 1.807) is 6.08 Å². The highest BCUT2D eigenvalue weighted by atomic mass is 16.3. The Bertz CT molecular complexity index is 580. The Balaban J connectivity index is 3.79.